The van der Waals surface area contributed by atoms with Gasteiger partial charge in [0.15, 0.2) is 12.6 Å². The Morgan fingerprint density at radius 1 is 0.467 bits per heavy atom. The largest absolute Gasteiger partial charge is 0.491 e. The summed E-state index contributed by atoms with van der Waals surface area (Å²) in [6.45, 7) is 11.2. The Bertz CT molecular complexity index is 368. The summed E-state index contributed by atoms with van der Waals surface area (Å²) in [5.74, 6) is 1.39. The van der Waals surface area contributed by atoms with Crippen molar-refractivity contribution in [3.05, 3.63) is 11.7 Å². The van der Waals surface area contributed by atoms with Gasteiger partial charge in [-0.1, -0.05) is 98.3 Å². The Morgan fingerprint density at radius 3 is 1.57 bits per heavy atom. The van der Waals surface area contributed by atoms with Crippen molar-refractivity contribution >= 4 is 0 Å². The van der Waals surface area contributed by atoms with E-state index in [1.165, 1.54) is 70.6 Å². The second-order valence-corrected chi connectivity index (χ2v) is 8.22. The molecule has 0 unspecified atom stereocenters. The van der Waals surface area contributed by atoms with E-state index in [1.807, 2.05) is 0 Å². The molecule has 4 heteroatoms. The minimum Gasteiger partial charge on any atom is -0.491 e. The zero-order valence-electron chi connectivity index (χ0n) is 20.8. The first kappa shape index (κ1) is 29.1. The van der Waals surface area contributed by atoms with E-state index < -0.39 is 0 Å². The molecule has 0 saturated carbocycles. The van der Waals surface area contributed by atoms with Gasteiger partial charge in [-0.3, -0.25) is 0 Å². The molecule has 0 saturated heterocycles. The third kappa shape index (κ3) is 19.1. The molecule has 0 heterocycles. The van der Waals surface area contributed by atoms with Crippen molar-refractivity contribution in [3.8, 4) is 0 Å². The van der Waals surface area contributed by atoms with Crippen LogP contribution in [0.1, 0.15) is 130 Å². The number of ether oxygens (including phenoxy) is 4. The normalized spacial score (nSPS) is 12.0. The Morgan fingerprint density at radius 2 is 0.967 bits per heavy atom. The molecule has 0 amide bonds. The summed E-state index contributed by atoms with van der Waals surface area (Å²) in [4.78, 5) is 0. The maximum atomic E-state index is 6.03. The van der Waals surface area contributed by atoms with Crippen LogP contribution in [0.5, 0.6) is 0 Å². The molecular formula is C26H52O4. The first-order valence-electron chi connectivity index (χ1n) is 13.0. The van der Waals surface area contributed by atoms with E-state index in [0.717, 1.165) is 51.1 Å². The highest BCUT2D eigenvalue weighted by atomic mass is 16.7. The van der Waals surface area contributed by atoms with Gasteiger partial charge in [-0.15, -0.1) is 0 Å². The molecule has 0 atom stereocenters. The van der Waals surface area contributed by atoms with Crippen LogP contribution in [0.15, 0.2) is 11.7 Å². The molecule has 0 N–H and O–H groups in total. The predicted octanol–water partition coefficient (Wildman–Crippen LogP) is 8.50. The van der Waals surface area contributed by atoms with Crippen molar-refractivity contribution in [1.29, 1.82) is 0 Å². The van der Waals surface area contributed by atoms with Gasteiger partial charge in [0.1, 0.15) is 0 Å². The van der Waals surface area contributed by atoms with Crippen molar-refractivity contribution in [3.63, 3.8) is 0 Å². The predicted molar refractivity (Wildman–Crippen MR) is 127 cm³/mol. The van der Waals surface area contributed by atoms with Gasteiger partial charge in [0.25, 0.3) is 0 Å². The molecule has 0 aromatic heterocycles. The molecule has 0 bridgehead atoms. The zero-order valence-corrected chi connectivity index (χ0v) is 20.8. The summed E-state index contributed by atoms with van der Waals surface area (Å²) in [6, 6.07) is 0. The molecule has 4 nitrogen and oxygen atoms in total. The molecule has 0 aromatic rings. The van der Waals surface area contributed by atoms with Gasteiger partial charge in [0.05, 0.1) is 19.8 Å². The third-order valence-corrected chi connectivity index (χ3v) is 5.13. The van der Waals surface area contributed by atoms with Crippen molar-refractivity contribution in [2.45, 2.75) is 130 Å². The van der Waals surface area contributed by atoms with Crippen LogP contribution in [0.4, 0.5) is 0 Å². The fourth-order valence-corrected chi connectivity index (χ4v) is 3.22. The van der Waals surface area contributed by atoms with Gasteiger partial charge >= 0.3 is 5.95 Å². The molecule has 0 fully saturated rings. The van der Waals surface area contributed by atoms with E-state index in [0.29, 0.717) is 12.6 Å². The second-order valence-electron chi connectivity index (χ2n) is 8.22. The van der Waals surface area contributed by atoms with Crippen LogP contribution in [0.2, 0.25) is 0 Å². The molecule has 0 radical (unpaired) electrons. The first-order chi connectivity index (χ1) is 14.8. The van der Waals surface area contributed by atoms with Crippen LogP contribution in [0.25, 0.3) is 0 Å². The van der Waals surface area contributed by atoms with Crippen LogP contribution in [-0.2, 0) is 18.9 Å². The highest BCUT2D eigenvalue weighted by Crippen LogP contribution is 2.18. The number of rotatable bonds is 24. The van der Waals surface area contributed by atoms with E-state index in [1.54, 1.807) is 0 Å². The van der Waals surface area contributed by atoms with Crippen molar-refractivity contribution in [1.82, 2.24) is 0 Å². The Balaban J connectivity index is 4.24. The SMILES string of the molecule is CCCCCCCCCCOCOC(OCCCCC)=C(CCC)OCCCCC. The number of hydrogen-bond acceptors (Lipinski definition) is 4. The van der Waals surface area contributed by atoms with E-state index in [9.17, 15) is 0 Å². The lowest BCUT2D eigenvalue weighted by molar-refractivity contribution is -0.0845. The highest BCUT2D eigenvalue weighted by molar-refractivity contribution is 4.95. The van der Waals surface area contributed by atoms with Gasteiger partial charge in [-0.2, -0.15) is 0 Å². The molecular weight excluding hydrogens is 376 g/mol. The lowest BCUT2D eigenvalue weighted by Gasteiger charge is -2.17. The fraction of sp³-hybridized carbons (Fsp3) is 0.923. The van der Waals surface area contributed by atoms with E-state index >= 15 is 0 Å². The highest BCUT2D eigenvalue weighted by Gasteiger charge is 2.12. The number of allylic oxidation sites excluding steroid dienone is 1. The monoisotopic (exact) mass is 428 g/mol. The lowest BCUT2D eigenvalue weighted by Crippen LogP contribution is -2.10. The summed E-state index contributed by atoms with van der Waals surface area (Å²) < 4.78 is 23.6. The maximum Gasteiger partial charge on any atom is 0.321 e. The quantitative estimate of drug-likeness (QED) is 0.0877. The van der Waals surface area contributed by atoms with Gasteiger partial charge < -0.3 is 18.9 Å². The molecule has 30 heavy (non-hydrogen) atoms. The standard InChI is InChI=1S/C26H52O4/c1-5-9-12-13-14-15-16-19-21-27-24-30-26(29-23-18-11-7-3)25(20-8-4)28-22-17-10-6-2/h5-24H2,1-4H3. The third-order valence-electron chi connectivity index (χ3n) is 5.13. The average Bonchev–Trinajstić information content (AvgIpc) is 2.75. The molecule has 0 aliphatic rings. The summed E-state index contributed by atoms with van der Waals surface area (Å²) in [5.41, 5.74) is 0. The summed E-state index contributed by atoms with van der Waals surface area (Å²) in [5, 5.41) is 0. The summed E-state index contributed by atoms with van der Waals surface area (Å²) in [7, 11) is 0. The van der Waals surface area contributed by atoms with Crippen LogP contribution < -0.4 is 0 Å². The van der Waals surface area contributed by atoms with Gasteiger partial charge in [-0.25, -0.2) is 0 Å². The second kappa shape index (κ2) is 24.4. The van der Waals surface area contributed by atoms with Crippen molar-refractivity contribution < 1.29 is 18.9 Å². The van der Waals surface area contributed by atoms with E-state index in [4.69, 9.17) is 18.9 Å². The molecule has 0 spiro atoms. The van der Waals surface area contributed by atoms with Crippen LogP contribution in [0.3, 0.4) is 0 Å². The number of unbranched alkanes of at least 4 members (excludes halogenated alkanes) is 11. The molecule has 0 aliphatic carbocycles. The van der Waals surface area contributed by atoms with E-state index in [2.05, 4.69) is 27.7 Å². The Labute approximate surface area is 188 Å². The zero-order chi connectivity index (χ0) is 22.1. The minimum atomic E-state index is 0.241. The van der Waals surface area contributed by atoms with Crippen LogP contribution in [-0.4, -0.2) is 26.6 Å². The van der Waals surface area contributed by atoms with Crippen LogP contribution >= 0.6 is 0 Å². The smallest absolute Gasteiger partial charge is 0.321 e. The Hall–Kier alpha value is -0.900. The minimum absolute atomic E-state index is 0.241. The first-order valence-corrected chi connectivity index (χ1v) is 13.0. The van der Waals surface area contributed by atoms with Crippen molar-refractivity contribution in [2.75, 3.05) is 26.6 Å². The molecule has 0 rings (SSSR count). The van der Waals surface area contributed by atoms with Gasteiger partial charge in [0, 0.05) is 6.42 Å². The average molecular weight is 429 g/mol. The van der Waals surface area contributed by atoms with Crippen molar-refractivity contribution in [2.24, 2.45) is 0 Å². The Kier molecular flexibility index (Phi) is 23.6. The summed E-state index contributed by atoms with van der Waals surface area (Å²) >= 11 is 0. The lowest BCUT2D eigenvalue weighted by atomic mass is 10.1. The van der Waals surface area contributed by atoms with Gasteiger partial charge in [-0.05, 0) is 25.7 Å². The molecule has 0 aromatic carbocycles. The topological polar surface area (TPSA) is 36.9 Å². The summed E-state index contributed by atoms with van der Waals surface area (Å²) in [6.07, 6.45) is 19.1. The molecule has 0 aliphatic heterocycles. The molecule has 180 valence electrons. The van der Waals surface area contributed by atoms with Crippen LogP contribution in [0, 0.1) is 0 Å². The van der Waals surface area contributed by atoms with E-state index in [-0.39, 0.29) is 6.79 Å². The maximum absolute atomic E-state index is 6.03. The fourth-order valence-electron chi connectivity index (χ4n) is 3.22. The van der Waals surface area contributed by atoms with Gasteiger partial charge in [0.2, 0.25) is 0 Å². The number of hydrogen-bond donors (Lipinski definition) is 0.